The fourth-order valence-electron chi connectivity index (χ4n) is 1.76. The number of nitrogens with zero attached hydrogens (tertiary/aromatic N) is 3. The molecule has 0 spiro atoms. The fourth-order valence-corrected chi connectivity index (χ4v) is 2.39. The largest absolute Gasteiger partial charge is 0.465 e. The van der Waals surface area contributed by atoms with Crippen molar-refractivity contribution in [1.29, 1.82) is 0 Å². The highest BCUT2D eigenvalue weighted by Gasteiger charge is 2.17. The number of carbonyl (C=O) groups excluding carboxylic acids is 1. The minimum Gasteiger partial charge on any atom is -0.465 e. The molecular weight excluding hydrogens is 304 g/mol. The summed E-state index contributed by atoms with van der Waals surface area (Å²) in [6, 6.07) is 3.31. The summed E-state index contributed by atoms with van der Waals surface area (Å²) in [5, 5.41) is 20.7. The monoisotopic (exact) mass is 322 g/mol. The fraction of sp³-hybridized carbons (Fsp3) is 0.357. The van der Waals surface area contributed by atoms with E-state index in [1.54, 1.807) is 24.5 Å². The molecule has 0 radical (unpaired) electrons. The van der Waals surface area contributed by atoms with Crippen LogP contribution in [0.1, 0.15) is 24.6 Å². The summed E-state index contributed by atoms with van der Waals surface area (Å²) in [4.78, 5) is 13.6. The van der Waals surface area contributed by atoms with Crippen LogP contribution in [0.4, 0.5) is 9.93 Å². The number of carbonyl (C=O) groups is 1. The highest BCUT2D eigenvalue weighted by molar-refractivity contribution is 7.16. The number of hydrogen-bond donors (Lipinski definition) is 2. The number of furan rings is 1. The molecule has 0 bridgehead atoms. The molecule has 2 aromatic rings. The number of aromatic nitrogens is 2. The summed E-state index contributed by atoms with van der Waals surface area (Å²) < 4.78 is 5.18. The lowest BCUT2D eigenvalue weighted by atomic mass is 10.3. The van der Waals surface area contributed by atoms with E-state index in [9.17, 15) is 4.79 Å². The molecule has 7 nitrogen and oxygen atoms in total. The maximum atomic E-state index is 12.1. The van der Waals surface area contributed by atoms with Crippen molar-refractivity contribution in [3.63, 3.8) is 0 Å². The second-order valence-corrected chi connectivity index (χ2v) is 5.74. The third-order valence-electron chi connectivity index (χ3n) is 2.81. The van der Waals surface area contributed by atoms with Crippen LogP contribution in [0, 0.1) is 0 Å². The molecule has 22 heavy (non-hydrogen) atoms. The molecule has 0 fully saturated rings. The van der Waals surface area contributed by atoms with Gasteiger partial charge in [0.25, 0.3) is 0 Å². The quantitative estimate of drug-likeness (QED) is 0.852. The van der Waals surface area contributed by atoms with Gasteiger partial charge in [-0.1, -0.05) is 11.3 Å². The Bertz CT molecular complexity index is 622. The highest BCUT2D eigenvalue weighted by atomic mass is 32.1. The Morgan fingerprint density at radius 2 is 2.32 bits per heavy atom. The molecule has 0 aliphatic heterocycles. The van der Waals surface area contributed by atoms with Crippen molar-refractivity contribution in [2.75, 3.05) is 18.5 Å². The first-order chi connectivity index (χ1) is 10.6. The van der Waals surface area contributed by atoms with Gasteiger partial charge < -0.3 is 14.4 Å². The van der Waals surface area contributed by atoms with Gasteiger partial charge in [0.1, 0.15) is 10.8 Å². The van der Waals surface area contributed by atoms with Gasteiger partial charge in [0.2, 0.25) is 5.13 Å². The Labute approximate surface area is 132 Å². The van der Waals surface area contributed by atoms with Crippen molar-refractivity contribution in [2.24, 2.45) is 0 Å². The Morgan fingerprint density at radius 1 is 1.50 bits per heavy atom. The molecule has 118 valence electrons. The number of aliphatic hydroxyl groups excluding tert-OH is 1. The number of nitrogens with one attached hydrogen (secondary N) is 1. The normalized spacial score (nSPS) is 11.3. The van der Waals surface area contributed by atoms with Crippen LogP contribution >= 0.6 is 11.3 Å². The van der Waals surface area contributed by atoms with Crippen LogP contribution in [0.25, 0.3) is 12.2 Å². The second-order valence-electron chi connectivity index (χ2n) is 4.74. The first-order valence-corrected chi connectivity index (χ1v) is 7.65. The average molecular weight is 322 g/mol. The summed E-state index contributed by atoms with van der Waals surface area (Å²) in [7, 11) is 0. The Morgan fingerprint density at radius 3 is 2.95 bits per heavy atom. The molecule has 0 saturated carbocycles. The van der Waals surface area contributed by atoms with Crippen molar-refractivity contribution < 1.29 is 14.3 Å². The minimum atomic E-state index is -0.304. The highest BCUT2D eigenvalue weighted by Crippen LogP contribution is 2.18. The third-order valence-corrected chi connectivity index (χ3v) is 3.62. The van der Waals surface area contributed by atoms with Crippen molar-refractivity contribution in [3.05, 3.63) is 29.2 Å². The number of amides is 2. The van der Waals surface area contributed by atoms with E-state index in [0.29, 0.717) is 10.1 Å². The minimum absolute atomic E-state index is 0.0154. The lowest BCUT2D eigenvalue weighted by molar-refractivity contribution is 0.172. The van der Waals surface area contributed by atoms with Gasteiger partial charge in [0, 0.05) is 12.6 Å². The van der Waals surface area contributed by atoms with Crippen LogP contribution in [-0.2, 0) is 0 Å². The van der Waals surface area contributed by atoms with Gasteiger partial charge in [-0.05, 0) is 38.1 Å². The van der Waals surface area contributed by atoms with E-state index in [1.165, 1.54) is 16.2 Å². The molecule has 8 heteroatoms. The van der Waals surface area contributed by atoms with E-state index in [-0.39, 0.29) is 25.2 Å². The molecule has 2 amide bonds. The van der Waals surface area contributed by atoms with Crippen LogP contribution in [0.5, 0.6) is 0 Å². The Balaban J connectivity index is 1.97. The van der Waals surface area contributed by atoms with Crippen LogP contribution in [-0.4, -0.2) is 45.4 Å². The molecule has 0 aliphatic carbocycles. The number of urea groups is 1. The van der Waals surface area contributed by atoms with E-state index < -0.39 is 0 Å². The first kappa shape index (κ1) is 16.2. The zero-order valence-electron chi connectivity index (χ0n) is 12.4. The second kappa shape index (κ2) is 7.71. The van der Waals surface area contributed by atoms with Crippen molar-refractivity contribution in [1.82, 2.24) is 15.1 Å². The molecule has 2 N–H and O–H groups in total. The van der Waals surface area contributed by atoms with E-state index in [1.807, 2.05) is 19.9 Å². The van der Waals surface area contributed by atoms with Crippen LogP contribution in [0.3, 0.4) is 0 Å². The van der Waals surface area contributed by atoms with Gasteiger partial charge in [-0.15, -0.1) is 10.2 Å². The topological polar surface area (TPSA) is 91.5 Å². The lowest BCUT2D eigenvalue weighted by Gasteiger charge is -2.25. The van der Waals surface area contributed by atoms with E-state index >= 15 is 0 Å². The average Bonchev–Trinajstić information content (AvgIpc) is 3.13. The van der Waals surface area contributed by atoms with Gasteiger partial charge in [-0.25, -0.2) is 4.79 Å². The number of hydrogen-bond acceptors (Lipinski definition) is 6. The molecule has 0 saturated heterocycles. The van der Waals surface area contributed by atoms with Gasteiger partial charge >= 0.3 is 6.03 Å². The summed E-state index contributed by atoms with van der Waals surface area (Å²) in [5.41, 5.74) is 0. The number of anilines is 1. The van der Waals surface area contributed by atoms with E-state index in [2.05, 4.69) is 15.5 Å². The standard InChI is InChI=1S/C14H18N4O3S/c1-10(2)18(7-8-19)14(20)15-13-17-16-12(22-13)6-5-11-4-3-9-21-11/h3-6,9-10,19H,7-8H2,1-2H3,(H,15,17,20). The zero-order valence-corrected chi connectivity index (χ0v) is 13.2. The summed E-state index contributed by atoms with van der Waals surface area (Å²) >= 11 is 1.26. The Hall–Kier alpha value is -2.19. The molecule has 2 aromatic heterocycles. The molecule has 0 atom stereocenters. The summed E-state index contributed by atoms with van der Waals surface area (Å²) in [5.74, 6) is 0.717. The molecule has 0 unspecified atom stereocenters. The Kier molecular flexibility index (Phi) is 5.68. The van der Waals surface area contributed by atoms with E-state index in [4.69, 9.17) is 9.52 Å². The number of rotatable bonds is 6. The van der Waals surface area contributed by atoms with Gasteiger partial charge in [0.05, 0.1) is 12.9 Å². The molecule has 2 heterocycles. The predicted molar refractivity (Wildman–Crippen MR) is 85.5 cm³/mol. The van der Waals surface area contributed by atoms with Crippen molar-refractivity contribution >= 4 is 34.7 Å². The van der Waals surface area contributed by atoms with Crippen LogP contribution < -0.4 is 5.32 Å². The van der Waals surface area contributed by atoms with Gasteiger partial charge in [0.15, 0.2) is 0 Å². The van der Waals surface area contributed by atoms with Crippen LogP contribution in [0.15, 0.2) is 22.8 Å². The van der Waals surface area contributed by atoms with E-state index in [0.717, 1.165) is 5.76 Å². The maximum absolute atomic E-state index is 12.1. The summed E-state index contributed by atoms with van der Waals surface area (Å²) in [6.07, 6.45) is 5.13. The molecule has 0 aromatic carbocycles. The number of aliphatic hydroxyl groups is 1. The van der Waals surface area contributed by atoms with Crippen LogP contribution in [0.2, 0.25) is 0 Å². The zero-order chi connectivity index (χ0) is 15.9. The molecule has 2 rings (SSSR count). The third kappa shape index (κ3) is 4.40. The van der Waals surface area contributed by atoms with Gasteiger partial charge in [-0.3, -0.25) is 5.32 Å². The first-order valence-electron chi connectivity index (χ1n) is 6.83. The molecular formula is C14H18N4O3S. The van der Waals surface area contributed by atoms with Crippen molar-refractivity contribution in [2.45, 2.75) is 19.9 Å². The SMILES string of the molecule is CC(C)N(CCO)C(=O)Nc1nnc(C=Cc2ccco2)s1. The summed E-state index contributed by atoms with van der Waals surface area (Å²) in [6.45, 7) is 3.95. The van der Waals surface area contributed by atoms with Gasteiger partial charge in [-0.2, -0.15) is 0 Å². The smallest absolute Gasteiger partial charge is 0.324 e. The maximum Gasteiger partial charge on any atom is 0.324 e. The molecule has 0 aliphatic rings. The van der Waals surface area contributed by atoms with Crippen molar-refractivity contribution in [3.8, 4) is 0 Å². The lowest BCUT2D eigenvalue weighted by Crippen LogP contribution is -2.41. The predicted octanol–water partition coefficient (Wildman–Crippen LogP) is 2.54.